The van der Waals surface area contributed by atoms with Crippen LogP contribution in [0.15, 0.2) is 24.8 Å². The van der Waals surface area contributed by atoms with Gasteiger partial charge in [-0.3, -0.25) is 0 Å². The third kappa shape index (κ3) is 3.29. The van der Waals surface area contributed by atoms with Gasteiger partial charge in [-0.1, -0.05) is 0 Å². The molecule has 0 spiro atoms. The number of rotatable bonds is 4. The van der Waals surface area contributed by atoms with Crippen molar-refractivity contribution in [1.82, 2.24) is 29.5 Å². The first kappa shape index (κ1) is 16.2. The maximum Gasteiger partial charge on any atom is 0.433 e. The average Bonchev–Trinajstić information content (AvgIpc) is 3.11. The fourth-order valence-electron chi connectivity index (χ4n) is 2.40. The first-order valence-corrected chi connectivity index (χ1v) is 7.28. The van der Waals surface area contributed by atoms with Crippen LogP contribution in [0.2, 0.25) is 0 Å². The molecule has 0 unspecified atom stereocenters. The quantitative estimate of drug-likeness (QED) is 0.795. The summed E-state index contributed by atoms with van der Waals surface area (Å²) in [6.45, 7) is 3.80. The normalized spacial score (nSPS) is 11.9. The molecule has 24 heavy (non-hydrogen) atoms. The number of nitrogens with one attached hydrogen (secondary N) is 1. The Morgan fingerprint density at radius 2 is 1.96 bits per heavy atom. The molecule has 0 radical (unpaired) electrons. The predicted molar refractivity (Wildman–Crippen MR) is 80.0 cm³/mol. The van der Waals surface area contributed by atoms with Crippen molar-refractivity contribution in [2.45, 2.75) is 33.0 Å². The minimum absolute atomic E-state index is 0.153. The van der Waals surface area contributed by atoms with Crippen LogP contribution in [0.5, 0.6) is 0 Å². The van der Waals surface area contributed by atoms with Gasteiger partial charge in [0.05, 0.1) is 6.33 Å². The van der Waals surface area contributed by atoms with Crippen LogP contribution in [0.1, 0.15) is 22.9 Å². The van der Waals surface area contributed by atoms with E-state index in [1.165, 1.54) is 6.92 Å². The maximum atomic E-state index is 12.8. The molecule has 0 amide bonds. The van der Waals surface area contributed by atoms with Crippen molar-refractivity contribution in [3.8, 4) is 11.5 Å². The van der Waals surface area contributed by atoms with Crippen LogP contribution in [0.3, 0.4) is 0 Å². The molecule has 3 rings (SSSR count). The van der Waals surface area contributed by atoms with Gasteiger partial charge in [-0.05, 0) is 19.9 Å². The first-order chi connectivity index (χ1) is 11.3. The van der Waals surface area contributed by atoms with Crippen molar-refractivity contribution >= 4 is 0 Å². The number of hydrogen-bond acceptors (Lipinski definition) is 4. The Morgan fingerprint density at radius 1 is 1.17 bits per heavy atom. The lowest BCUT2D eigenvalue weighted by Crippen LogP contribution is -2.13. The highest BCUT2D eigenvalue weighted by Gasteiger charge is 2.33. The number of aryl methyl sites for hydroxylation is 4. The highest BCUT2D eigenvalue weighted by Crippen LogP contribution is 2.28. The third-order valence-electron chi connectivity index (χ3n) is 3.52. The van der Waals surface area contributed by atoms with Gasteiger partial charge in [0, 0.05) is 36.7 Å². The fraction of sp³-hybridized carbons (Fsp3) is 0.333. The average molecular weight is 336 g/mol. The minimum Gasteiger partial charge on any atom is -0.348 e. The van der Waals surface area contributed by atoms with Crippen LogP contribution >= 0.6 is 0 Å². The van der Waals surface area contributed by atoms with Gasteiger partial charge in [0.25, 0.3) is 0 Å². The van der Waals surface area contributed by atoms with E-state index >= 15 is 0 Å². The Morgan fingerprint density at radius 3 is 2.62 bits per heavy atom. The SMILES string of the molecule is Cc1cc(C(F)(F)F)nc(CCn2ccnc2-c2nc[nH]c2C)n1. The summed E-state index contributed by atoms with van der Waals surface area (Å²) in [5.41, 5.74) is 0.954. The Labute approximate surface area is 135 Å². The molecule has 1 N–H and O–H groups in total. The molecular weight excluding hydrogens is 321 g/mol. The van der Waals surface area contributed by atoms with E-state index in [1.54, 1.807) is 18.7 Å². The van der Waals surface area contributed by atoms with E-state index in [0.717, 1.165) is 11.8 Å². The Balaban J connectivity index is 1.82. The summed E-state index contributed by atoms with van der Waals surface area (Å²) in [4.78, 5) is 19.2. The third-order valence-corrected chi connectivity index (χ3v) is 3.52. The molecule has 0 atom stereocenters. The highest BCUT2D eigenvalue weighted by molar-refractivity contribution is 5.52. The van der Waals surface area contributed by atoms with Crippen LogP contribution in [0.25, 0.3) is 11.5 Å². The number of hydrogen-bond donors (Lipinski definition) is 1. The molecular formula is C15H15F3N6. The molecule has 0 saturated heterocycles. The Bertz CT molecular complexity index is 849. The second-order valence-electron chi connectivity index (χ2n) is 5.38. The van der Waals surface area contributed by atoms with E-state index in [0.29, 0.717) is 23.8 Å². The number of nitrogens with zero attached hydrogens (tertiary/aromatic N) is 5. The van der Waals surface area contributed by atoms with Crippen molar-refractivity contribution in [2.75, 3.05) is 0 Å². The fourth-order valence-corrected chi connectivity index (χ4v) is 2.40. The summed E-state index contributed by atoms with van der Waals surface area (Å²) < 4.78 is 40.3. The topological polar surface area (TPSA) is 72.3 Å². The van der Waals surface area contributed by atoms with E-state index < -0.39 is 11.9 Å². The van der Waals surface area contributed by atoms with Gasteiger partial charge < -0.3 is 9.55 Å². The molecule has 0 fully saturated rings. The first-order valence-electron chi connectivity index (χ1n) is 7.28. The van der Waals surface area contributed by atoms with E-state index in [-0.39, 0.29) is 12.2 Å². The molecule has 3 heterocycles. The van der Waals surface area contributed by atoms with Crippen LogP contribution in [0, 0.1) is 13.8 Å². The zero-order valence-corrected chi connectivity index (χ0v) is 13.1. The second kappa shape index (κ2) is 6.06. The summed E-state index contributed by atoms with van der Waals surface area (Å²) >= 11 is 0. The molecule has 0 saturated carbocycles. The zero-order chi connectivity index (χ0) is 17.3. The monoisotopic (exact) mass is 336 g/mol. The van der Waals surface area contributed by atoms with Gasteiger partial charge in [0.1, 0.15) is 17.2 Å². The van der Waals surface area contributed by atoms with Crippen molar-refractivity contribution in [3.63, 3.8) is 0 Å². The maximum absolute atomic E-state index is 12.8. The summed E-state index contributed by atoms with van der Waals surface area (Å²) in [6, 6.07) is 0.944. The molecule has 0 bridgehead atoms. The number of aromatic amines is 1. The standard InChI is InChI=1S/C15H15F3N6/c1-9-7-11(15(16,17)18)23-12(22-9)3-5-24-6-4-19-14(24)13-10(2)20-8-21-13/h4,6-8H,3,5H2,1-2H3,(H,20,21). The van der Waals surface area contributed by atoms with Crippen molar-refractivity contribution in [1.29, 1.82) is 0 Å². The lowest BCUT2D eigenvalue weighted by Gasteiger charge is -2.10. The number of aromatic nitrogens is 6. The van der Waals surface area contributed by atoms with Gasteiger partial charge in [-0.15, -0.1) is 0 Å². The Kier molecular flexibility index (Phi) is 4.08. The molecule has 6 nitrogen and oxygen atoms in total. The van der Waals surface area contributed by atoms with Gasteiger partial charge in [0.15, 0.2) is 5.82 Å². The number of imidazole rings is 2. The lowest BCUT2D eigenvalue weighted by molar-refractivity contribution is -0.141. The molecule has 3 aromatic rings. The lowest BCUT2D eigenvalue weighted by atomic mass is 10.3. The smallest absolute Gasteiger partial charge is 0.348 e. The van der Waals surface area contributed by atoms with Crippen LogP contribution < -0.4 is 0 Å². The van der Waals surface area contributed by atoms with E-state index in [9.17, 15) is 13.2 Å². The van der Waals surface area contributed by atoms with E-state index in [4.69, 9.17) is 0 Å². The van der Waals surface area contributed by atoms with Crippen LogP contribution in [-0.2, 0) is 19.1 Å². The predicted octanol–water partition coefficient (Wildman–Crippen LogP) is 2.94. The van der Waals surface area contributed by atoms with Gasteiger partial charge in [-0.2, -0.15) is 13.2 Å². The highest BCUT2D eigenvalue weighted by atomic mass is 19.4. The zero-order valence-electron chi connectivity index (χ0n) is 13.1. The molecule has 0 aliphatic heterocycles. The van der Waals surface area contributed by atoms with E-state index in [2.05, 4.69) is 24.9 Å². The molecule has 0 aromatic carbocycles. The largest absolute Gasteiger partial charge is 0.433 e. The van der Waals surface area contributed by atoms with Crippen LogP contribution in [-0.4, -0.2) is 29.5 Å². The number of alkyl halides is 3. The molecule has 9 heteroatoms. The second-order valence-corrected chi connectivity index (χ2v) is 5.38. The molecule has 0 aliphatic rings. The van der Waals surface area contributed by atoms with Crippen molar-refractivity contribution < 1.29 is 13.2 Å². The summed E-state index contributed by atoms with van der Waals surface area (Å²) in [5, 5.41) is 0. The molecule has 3 aromatic heterocycles. The number of halogens is 3. The summed E-state index contributed by atoms with van der Waals surface area (Å²) in [7, 11) is 0. The van der Waals surface area contributed by atoms with Crippen molar-refractivity contribution in [2.24, 2.45) is 0 Å². The Hall–Kier alpha value is -2.71. The van der Waals surface area contributed by atoms with Crippen molar-refractivity contribution in [3.05, 3.63) is 47.7 Å². The summed E-state index contributed by atoms with van der Waals surface area (Å²) in [5.74, 6) is 0.804. The minimum atomic E-state index is -4.48. The van der Waals surface area contributed by atoms with E-state index in [1.807, 2.05) is 11.5 Å². The van der Waals surface area contributed by atoms with Gasteiger partial charge in [-0.25, -0.2) is 19.9 Å². The molecule has 0 aliphatic carbocycles. The van der Waals surface area contributed by atoms with Gasteiger partial charge >= 0.3 is 6.18 Å². The van der Waals surface area contributed by atoms with Gasteiger partial charge in [0.2, 0.25) is 0 Å². The number of H-pyrrole nitrogens is 1. The molecule has 126 valence electrons. The summed E-state index contributed by atoms with van der Waals surface area (Å²) in [6.07, 6.45) is 0.737. The van der Waals surface area contributed by atoms with Crippen LogP contribution in [0.4, 0.5) is 13.2 Å².